The minimum atomic E-state index is -1.17. The number of benzene rings is 1. The Morgan fingerprint density at radius 2 is 2.11 bits per heavy atom. The van der Waals surface area contributed by atoms with Crippen LogP contribution in [0.3, 0.4) is 0 Å². The zero-order valence-electron chi connectivity index (χ0n) is 9.67. The molecule has 1 aliphatic heterocycles. The van der Waals surface area contributed by atoms with Crippen LogP contribution >= 0.6 is 0 Å². The van der Waals surface area contributed by atoms with Gasteiger partial charge in [-0.25, -0.2) is 0 Å². The molecule has 0 unspecified atom stereocenters. The van der Waals surface area contributed by atoms with Gasteiger partial charge in [0.2, 0.25) is 0 Å². The molecule has 2 rings (SSSR count). The van der Waals surface area contributed by atoms with Crippen molar-refractivity contribution in [3.05, 3.63) is 23.8 Å². The van der Waals surface area contributed by atoms with Gasteiger partial charge in [0.25, 0.3) is 11.7 Å². The third-order valence-corrected chi connectivity index (χ3v) is 2.55. The van der Waals surface area contributed by atoms with Gasteiger partial charge in [0.15, 0.2) is 0 Å². The topological polar surface area (TPSA) is 83.9 Å². The first-order valence-corrected chi connectivity index (χ1v) is 5.39. The molecule has 1 aromatic carbocycles. The van der Waals surface area contributed by atoms with Crippen molar-refractivity contribution in [1.82, 2.24) is 0 Å². The molecule has 0 spiro atoms. The summed E-state index contributed by atoms with van der Waals surface area (Å²) in [6.45, 7) is 1.72. The van der Waals surface area contributed by atoms with Crippen molar-refractivity contribution in [3.8, 4) is 5.75 Å². The Balaban J connectivity index is 2.41. The van der Waals surface area contributed by atoms with Crippen LogP contribution in [0.2, 0.25) is 0 Å². The zero-order chi connectivity index (χ0) is 13.3. The maximum atomic E-state index is 11.7. The average Bonchev–Trinajstić information content (AvgIpc) is 2.55. The molecule has 1 aliphatic rings. The van der Waals surface area contributed by atoms with Gasteiger partial charge in [0.1, 0.15) is 12.3 Å². The van der Waals surface area contributed by atoms with E-state index in [9.17, 15) is 14.4 Å². The van der Waals surface area contributed by atoms with Crippen molar-refractivity contribution < 1.29 is 24.2 Å². The lowest BCUT2D eigenvalue weighted by Crippen LogP contribution is -2.34. The van der Waals surface area contributed by atoms with E-state index in [-0.39, 0.29) is 5.56 Å². The molecular weight excluding hydrogens is 238 g/mol. The summed E-state index contributed by atoms with van der Waals surface area (Å²) in [6, 6.07) is 4.58. The van der Waals surface area contributed by atoms with E-state index in [4.69, 9.17) is 9.84 Å². The molecule has 1 heterocycles. The number of anilines is 1. The molecule has 94 valence electrons. The molecule has 18 heavy (non-hydrogen) atoms. The van der Waals surface area contributed by atoms with Crippen molar-refractivity contribution in [2.24, 2.45) is 0 Å². The second-order valence-electron chi connectivity index (χ2n) is 3.73. The largest absolute Gasteiger partial charge is 0.494 e. The summed E-state index contributed by atoms with van der Waals surface area (Å²) >= 11 is 0. The van der Waals surface area contributed by atoms with Gasteiger partial charge in [-0.1, -0.05) is 0 Å². The fourth-order valence-corrected chi connectivity index (χ4v) is 1.83. The number of carboxylic acid groups (broad SMARTS) is 1. The molecule has 0 aliphatic carbocycles. The summed E-state index contributed by atoms with van der Waals surface area (Å²) in [7, 11) is 0. The highest BCUT2D eigenvalue weighted by molar-refractivity contribution is 6.52. The standard InChI is InChI=1S/C12H11NO5/c1-2-18-7-3-4-9-8(5-7)11(16)12(17)13(9)6-10(14)15/h3-5H,2,6H2,1H3,(H,14,15). The van der Waals surface area contributed by atoms with Gasteiger partial charge in [-0.15, -0.1) is 0 Å². The zero-order valence-corrected chi connectivity index (χ0v) is 9.67. The van der Waals surface area contributed by atoms with Crippen LogP contribution in [0.4, 0.5) is 5.69 Å². The number of hydrogen-bond acceptors (Lipinski definition) is 4. The quantitative estimate of drug-likeness (QED) is 0.794. The van der Waals surface area contributed by atoms with E-state index in [0.29, 0.717) is 18.0 Å². The molecule has 0 fully saturated rings. The Bertz CT molecular complexity index is 537. The molecule has 6 nitrogen and oxygen atoms in total. The third-order valence-electron chi connectivity index (χ3n) is 2.55. The second kappa shape index (κ2) is 4.48. The van der Waals surface area contributed by atoms with Crippen molar-refractivity contribution in [2.45, 2.75) is 6.92 Å². The van der Waals surface area contributed by atoms with Gasteiger partial charge < -0.3 is 9.84 Å². The number of aliphatic carboxylic acids is 1. The van der Waals surface area contributed by atoms with Crippen LogP contribution in [0, 0.1) is 0 Å². The highest BCUT2D eigenvalue weighted by Gasteiger charge is 2.37. The molecule has 0 aromatic heterocycles. The van der Waals surface area contributed by atoms with Crippen molar-refractivity contribution in [1.29, 1.82) is 0 Å². The molecule has 1 amide bonds. The SMILES string of the molecule is CCOc1ccc2c(c1)C(=O)C(=O)N2CC(=O)O. The predicted molar refractivity (Wildman–Crippen MR) is 61.9 cm³/mol. The van der Waals surface area contributed by atoms with Crippen molar-refractivity contribution in [2.75, 3.05) is 18.1 Å². The van der Waals surface area contributed by atoms with Crippen molar-refractivity contribution in [3.63, 3.8) is 0 Å². The number of ketones is 1. The molecule has 0 radical (unpaired) electrons. The molecule has 0 atom stereocenters. The summed E-state index contributed by atoms with van der Waals surface area (Å²) in [5.41, 5.74) is 0.503. The highest BCUT2D eigenvalue weighted by atomic mass is 16.5. The Labute approximate surface area is 103 Å². The van der Waals surface area contributed by atoms with Gasteiger partial charge in [-0.3, -0.25) is 19.3 Å². The fraction of sp³-hybridized carbons (Fsp3) is 0.250. The van der Waals surface area contributed by atoms with E-state index < -0.39 is 24.2 Å². The van der Waals surface area contributed by atoms with E-state index in [1.165, 1.54) is 12.1 Å². The first kappa shape index (κ1) is 12.1. The number of Topliss-reactive ketones (excluding diaryl/α,β-unsaturated/α-hetero) is 1. The van der Waals surface area contributed by atoms with E-state index >= 15 is 0 Å². The number of rotatable bonds is 4. The Morgan fingerprint density at radius 3 is 2.72 bits per heavy atom. The Morgan fingerprint density at radius 1 is 1.39 bits per heavy atom. The summed E-state index contributed by atoms with van der Waals surface area (Å²) in [5, 5.41) is 8.71. The van der Waals surface area contributed by atoms with Crippen LogP contribution in [-0.4, -0.2) is 35.9 Å². The normalized spacial score (nSPS) is 13.7. The van der Waals surface area contributed by atoms with Gasteiger partial charge in [0, 0.05) is 0 Å². The van der Waals surface area contributed by atoms with Crippen LogP contribution < -0.4 is 9.64 Å². The minimum Gasteiger partial charge on any atom is -0.494 e. The third kappa shape index (κ3) is 1.92. The first-order chi connectivity index (χ1) is 8.54. The molecule has 1 aromatic rings. The second-order valence-corrected chi connectivity index (χ2v) is 3.73. The van der Waals surface area contributed by atoms with Crippen molar-refractivity contribution >= 4 is 23.3 Å². The van der Waals surface area contributed by atoms with Crippen LogP contribution in [0.5, 0.6) is 5.75 Å². The van der Waals surface area contributed by atoms with Gasteiger partial charge in [-0.05, 0) is 25.1 Å². The number of carboxylic acids is 1. The first-order valence-electron chi connectivity index (χ1n) is 5.39. The maximum Gasteiger partial charge on any atom is 0.323 e. The lowest BCUT2D eigenvalue weighted by Gasteiger charge is -2.13. The molecule has 1 N–H and O–H groups in total. The molecular formula is C12H11NO5. The summed E-state index contributed by atoms with van der Waals surface area (Å²) < 4.78 is 5.23. The number of carbonyl (C=O) groups is 3. The van der Waals surface area contributed by atoms with Crippen LogP contribution in [-0.2, 0) is 9.59 Å². The van der Waals surface area contributed by atoms with Crippen LogP contribution in [0.25, 0.3) is 0 Å². The highest BCUT2D eigenvalue weighted by Crippen LogP contribution is 2.31. The van der Waals surface area contributed by atoms with Gasteiger partial charge in [0.05, 0.1) is 17.9 Å². The Hall–Kier alpha value is -2.37. The fourth-order valence-electron chi connectivity index (χ4n) is 1.83. The molecule has 0 saturated heterocycles. The smallest absolute Gasteiger partial charge is 0.323 e. The summed E-state index contributed by atoms with van der Waals surface area (Å²) in [6.07, 6.45) is 0. The van der Waals surface area contributed by atoms with E-state index in [2.05, 4.69) is 0 Å². The Kier molecular flexibility index (Phi) is 3.01. The van der Waals surface area contributed by atoms with E-state index in [0.717, 1.165) is 4.90 Å². The molecule has 6 heteroatoms. The van der Waals surface area contributed by atoms with E-state index in [1.807, 2.05) is 0 Å². The van der Waals surface area contributed by atoms with Crippen LogP contribution in [0.1, 0.15) is 17.3 Å². The minimum absolute atomic E-state index is 0.187. The number of fused-ring (bicyclic) bond motifs is 1. The number of nitrogens with zero attached hydrogens (tertiary/aromatic N) is 1. The maximum absolute atomic E-state index is 11.7. The lowest BCUT2D eigenvalue weighted by atomic mass is 10.1. The molecule has 0 bridgehead atoms. The number of hydrogen-bond donors (Lipinski definition) is 1. The van der Waals surface area contributed by atoms with Crippen LogP contribution in [0.15, 0.2) is 18.2 Å². The average molecular weight is 249 g/mol. The van der Waals surface area contributed by atoms with E-state index in [1.54, 1.807) is 13.0 Å². The predicted octanol–water partition coefficient (Wildman–Crippen LogP) is 0.699. The number of carbonyl (C=O) groups excluding carboxylic acids is 2. The number of ether oxygens (including phenoxy) is 1. The number of amides is 1. The molecule has 0 saturated carbocycles. The summed E-state index contributed by atoms with van der Waals surface area (Å²) in [4.78, 5) is 35.0. The monoisotopic (exact) mass is 249 g/mol. The van der Waals surface area contributed by atoms with Gasteiger partial charge >= 0.3 is 5.97 Å². The van der Waals surface area contributed by atoms with Gasteiger partial charge in [-0.2, -0.15) is 0 Å². The summed E-state index contributed by atoms with van der Waals surface area (Å²) in [5.74, 6) is -2.21. The lowest BCUT2D eigenvalue weighted by molar-refractivity contribution is -0.136.